The van der Waals surface area contributed by atoms with E-state index in [9.17, 15) is 14.4 Å². The van der Waals surface area contributed by atoms with Crippen molar-refractivity contribution in [1.82, 2.24) is 0 Å². The van der Waals surface area contributed by atoms with Crippen molar-refractivity contribution in [2.75, 3.05) is 7.11 Å². The maximum atomic E-state index is 11.8. The summed E-state index contributed by atoms with van der Waals surface area (Å²) in [4.78, 5) is 34.9. The second kappa shape index (κ2) is 6.27. The summed E-state index contributed by atoms with van der Waals surface area (Å²) >= 11 is 0. The Hall–Kier alpha value is -1.97. The predicted octanol–water partition coefficient (Wildman–Crippen LogP) is 2.37. The number of benzene rings is 1. The predicted molar refractivity (Wildman–Crippen MR) is 71.0 cm³/mol. The molecule has 0 fully saturated rings. The molecule has 19 heavy (non-hydrogen) atoms. The quantitative estimate of drug-likeness (QED) is 0.464. The fourth-order valence-corrected chi connectivity index (χ4v) is 1.83. The molecule has 0 aliphatic carbocycles. The number of ether oxygens (including phenoxy) is 1. The van der Waals surface area contributed by atoms with E-state index in [1.807, 2.05) is 13.8 Å². The number of ketones is 2. The van der Waals surface area contributed by atoms with Crippen LogP contribution in [0.1, 0.15) is 42.6 Å². The molecule has 1 aromatic carbocycles. The van der Waals surface area contributed by atoms with Gasteiger partial charge in [0.05, 0.1) is 7.11 Å². The van der Waals surface area contributed by atoms with Crippen LogP contribution in [-0.2, 0) is 14.3 Å². The van der Waals surface area contributed by atoms with Crippen LogP contribution in [0, 0.1) is 5.92 Å². The number of rotatable bonds is 5. The van der Waals surface area contributed by atoms with Gasteiger partial charge >= 0.3 is 5.97 Å². The molecule has 0 aliphatic heterocycles. The monoisotopic (exact) mass is 262 g/mol. The van der Waals surface area contributed by atoms with E-state index in [-0.39, 0.29) is 17.5 Å². The number of hydrogen-bond acceptors (Lipinski definition) is 4. The van der Waals surface area contributed by atoms with Crippen LogP contribution < -0.4 is 0 Å². The standard InChI is InChI=1S/C15H18O4/c1-9(2)14(17)12-7-5-11(6-8-12)13(10(3)16)15(18)19-4/h5-9,13H,1-4H3. The first-order valence-electron chi connectivity index (χ1n) is 6.11. The zero-order chi connectivity index (χ0) is 14.6. The third-order valence-electron chi connectivity index (χ3n) is 2.90. The highest BCUT2D eigenvalue weighted by molar-refractivity contribution is 6.03. The molecule has 1 unspecified atom stereocenters. The molecule has 0 aromatic heterocycles. The van der Waals surface area contributed by atoms with Crippen molar-refractivity contribution in [2.45, 2.75) is 26.7 Å². The molecule has 0 saturated heterocycles. The van der Waals surface area contributed by atoms with E-state index in [2.05, 4.69) is 4.74 Å². The smallest absolute Gasteiger partial charge is 0.320 e. The van der Waals surface area contributed by atoms with Crippen molar-refractivity contribution in [3.8, 4) is 0 Å². The minimum Gasteiger partial charge on any atom is -0.468 e. The van der Waals surface area contributed by atoms with Crippen molar-refractivity contribution in [1.29, 1.82) is 0 Å². The molecule has 1 rings (SSSR count). The summed E-state index contributed by atoms with van der Waals surface area (Å²) < 4.78 is 4.62. The number of methoxy groups -OCH3 is 1. The molecular weight excluding hydrogens is 244 g/mol. The molecule has 1 atom stereocenters. The van der Waals surface area contributed by atoms with Gasteiger partial charge in [0, 0.05) is 11.5 Å². The largest absolute Gasteiger partial charge is 0.468 e. The van der Waals surface area contributed by atoms with Crippen LogP contribution in [0.3, 0.4) is 0 Å². The minimum absolute atomic E-state index is 0.0315. The first kappa shape index (κ1) is 15.1. The van der Waals surface area contributed by atoms with Gasteiger partial charge in [0.15, 0.2) is 5.78 Å². The van der Waals surface area contributed by atoms with Gasteiger partial charge in [0.1, 0.15) is 11.7 Å². The van der Waals surface area contributed by atoms with Gasteiger partial charge in [-0.1, -0.05) is 38.1 Å². The lowest BCUT2D eigenvalue weighted by molar-refractivity contribution is -0.145. The lowest BCUT2D eigenvalue weighted by Crippen LogP contribution is -2.21. The third-order valence-corrected chi connectivity index (χ3v) is 2.90. The molecule has 0 radical (unpaired) electrons. The van der Waals surface area contributed by atoms with E-state index in [1.54, 1.807) is 24.3 Å². The number of Topliss-reactive ketones (excluding diaryl/α,β-unsaturated/α-hetero) is 2. The van der Waals surface area contributed by atoms with Crippen molar-refractivity contribution in [3.63, 3.8) is 0 Å². The van der Waals surface area contributed by atoms with Crippen molar-refractivity contribution in [2.24, 2.45) is 5.92 Å². The summed E-state index contributed by atoms with van der Waals surface area (Å²) in [5, 5.41) is 0. The van der Waals surface area contributed by atoms with Gasteiger partial charge in [-0.3, -0.25) is 14.4 Å². The zero-order valence-electron chi connectivity index (χ0n) is 11.6. The summed E-state index contributed by atoms with van der Waals surface area (Å²) in [5.41, 5.74) is 1.12. The van der Waals surface area contributed by atoms with E-state index >= 15 is 0 Å². The van der Waals surface area contributed by atoms with Gasteiger partial charge in [0.25, 0.3) is 0 Å². The van der Waals surface area contributed by atoms with Gasteiger partial charge in [-0.25, -0.2) is 0 Å². The lowest BCUT2D eigenvalue weighted by Gasteiger charge is -2.12. The second-order valence-corrected chi connectivity index (χ2v) is 4.71. The first-order chi connectivity index (χ1) is 8.88. The van der Waals surface area contributed by atoms with E-state index in [0.717, 1.165) is 0 Å². The number of carbonyl (C=O) groups is 3. The van der Waals surface area contributed by atoms with Crippen LogP contribution in [0.15, 0.2) is 24.3 Å². The molecule has 102 valence electrons. The minimum atomic E-state index is -0.923. The molecule has 0 bridgehead atoms. The molecule has 1 aromatic rings. The maximum Gasteiger partial charge on any atom is 0.320 e. The Bertz CT molecular complexity index is 485. The van der Waals surface area contributed by atoms with Gasteiger partial charge in [0.2, 0.25) is 0 Å². The first-order valence-corrected chi connectivity index (χ1v) is 6.11. The molecule has 0 spiro atoms. The molecule has 0 N–H and O–H groups in total. The van der Waals surface area contributed by atoms with Crippen LogP contribution in [0.2, 0.25) is 0 Å². The Morgan fingerprint density at radius 3 is 1.95 bits per heavy atom. The Kier molecular flexibility index (Phi) is 4.98. The highest BCUT2D eigenvalue weighted by Crippen LogP contribution is 2.20. The molecule has 0 heterocycles. The van der Waals surface area contributed by atoms with E-state index in [0.29, 0.717) is 11.1 Å². The van der Waals surface area contributed by atoms with E-state index < -0.39 is 11.9 Å². The third kappa shape index (κ3) is 3.50. The number of carbonyl (C=O) groups excluding carboxylic acids is 3. The summed E-state index contributed by atoms with van der Waals surface area (Å²) in [6.07, 6.45) is 0. The molecule has 0 aliphatic rings. The number of hydrogen-bond donors (Lipinski definition) is 0. The Balaban J connectivity index is 3.06. The average molecular weight is 262 g/mol. The normalized spacial score (nSPS) is 12.1. The van der Waals surface area contributed by atoms with Gasteiger partial charge in [-0.15, -0.1) is 0 Å². The fourth-order valence-electron chi connectivity index (χ4n) is 1.83. The van der Waals surface area contributed by atoms with Crippen LogP contribution in [0.5, 0.6) is 0 Å². The van der Waals surface area contributed by atoms with Crippen molar-refractivity contribution < 1.29 is 19.1 Å². The molecule has 4 heteroatoms. The highest BCUT2D eigenvalue weighted by atomic mass is 16.5. The molecule has 4 nitrogen and oxygen atoms in total. The Morgan fingerprint density at radius 1 is 1.05 bits per heavy atom. The highest BCUT2D eigenvalue weighted by Gasteiger charge is 2.26. The van der Waals surface area contributed by atoms with Crippen molar-refractivity contribution >= 4 is 17.5 Å². The lowest BCUT2D eigenvalue weighted by atomic mass is 9.93. The van der Waals surface area contributed by atoms with E-state index in [1.165, 1.54) is 14.0 Å². The summed E-state index contributed by atoms with van der Waals surface area (Å²) in [7, 11) is 1.24. The summed E-state index contributed by atoms with van der Waals surface area (Å²) in [6.45, 7) is 4.99. The zero-order valence-corrected chi connectivity index (χ0v) is 11.6. The van der Waals surface area contributed by atoms with Crippen LogP contribution in [-0.4, -0.2) is 24.6 Å². The van der Waals surface area contributed by atoms with Gasteiger partial charge in [-0.2, -0.15) is 0 Å². The Labute approximate surface area is 112 Å². The van der Waals surface area contributed by atoms with E-state index in [4.69, 9.17) is 0 Å². The Morgan fingerprint density at radius 2 is 1.58 bits per heavy atom. The van der Waals surface area contributed by atoms with Crippen LogP contribution in [0.25, 0.3) is 0 Å². The molecule has 0 amide bonds. The molecule has 0 saturated carbocycles. The summed E-state index contributed by atoms with van der Waals surface area (Å²) in [6, 6.07) is 6.52. The topological polar surface area (TPSA) is 60.4 Å². The number of esters is 1. The van der Waals surface area contributed by atoms with Gasteiger partial charge < -0.3 is 4.74 Å². The average Bonchev–Trinajstić information content (AvgIpc) is 2.38. The maximum absolute atomic E-state index is 11.8. The summed E-state index contributed by atoms with van der Waals surface area (Å²) in [5.74, 6) is -1.85. The molecular formula is C15H18O4. The van der Waals surface area contributed by atoms with Crippen LogP contribution >= 0.6 is 0 Å². The van der Waals surface area contributed by atoms with Crippen LogP contribution in [0.4, 0.5) is 0 Å². The van der Waals surface area contributed by atoms with Gasteiger partial charge in [-0.05, 0) is 12.5 Å². The van der Waals surface area contributed by atoms with Crippen molar-refractivity contribution in [3.05, 3.63) is 35.4 Å². The second-order valence-electron chi connectivity index (χ2n) is 4.71. The SMILES string of the molecule is COC(=O)C(C(C)=O)c1ccc(C(=O)C(C)C)cc1. The fraction of sp³-hybridized carbons (Fsp3) is 0.400.